The Morgan fingerprint density at radius 1 is 0.667 bits per heavy atom. The van der Waals surface area contributed by atoms with Crippen LogP contribution in [-0.4, -0.2) is 23.9 Å². The fourth-order valence-corrected chi connectivity index (χ4v) is 2.54. The van der Waals surface area contributed by atoms with E-state index in [4.69, 9.17) is 4.74 Å². The van der Waals surface area contributed by atoms with Gasteiger partial charge < -0.3 is 14.2 Å². The van der Waals surface area contributed by atoms with E-state index < -0.39 is 23.9 Å². The molecular weight excluding hydrogens is 316 g/mol. The monoisotopic (exact) mass is 324 g/mol. The highest BCUT2D eigenvalue weighted by molar-refractivity contribution is 6.15. The zero-order valence-corrected chi connectivity index (χ0v) is 12.0. The molecule has 2 heterocycles. The van der Waals surface area contributed by atoms with E-state index in [1.54, 1.807) is 12.1 Å². The molecule has 0 radical (unpaired) electrons. The summed E-state index contributed by atoms with van der Waals surface area (Å²) in [6, 6.07) is 9.09. The third kappa shape index (κ3) is 2.14. The molecular formula is C17H8O7. The van der Waals surface area contributed by atoms with Crippen LogP contribution in [0, 0.1) is 0 Å². The lowest BCUT2D eigenvalue weighted by molar-refractivity contribution is 0.0425. The van der Waals surface area contributed by atoms with Crippen LogP contribution in [0.4, 0.5) is 0 Å². The SMILES string of the molecule is O=C1OC(=O)c2cc(COc3ccc4c(c3)C(=O)OC4=O)ccc21. The quantitative estimate of drug-likeness (QED) is 0.628. The molecule has 0 bridgehead atoms. The average Bonchev–Trinajstić information content (AvgIpc) is 3.02. The van der Waals surface area contributed by atoms with Crippen molar-refractivity contribution in [2.45, 2.75) is 6.61 Å². The van der Waals surface area contributed by atoms with E-state index in [0.717, 1.165) is 0 Å². The molecule has 0 saturated carbocycles. The number of cyclic esters (lactones) is 4. The van der Waals surface area contributed by atoms with Gasteiger partial charge in [0.2, 0.25) is 0 Å². The van der Waals surface area contributed by atoms with Crippen molar-refractivity contribution >= 4 is 23.9 Å². The Hall–Kier alpha value is -3.48. The zero-order valence-electron chi connectivity index (χ0n) is 12.0. The van der Waals surface area contributed by atoms with Gasteiger partial charge in [0, 0.05) is 0 Å². The van der Waals surface area contributed by atoms with Crippen molar-refractivity contribution in [2.24, 2.45) is 0 Å². The lowest BCUT2D eigenvalue weighted by Crippen LogP contribution is -2.00. The van der Waals surface area contributed by atoms with Crippen molar-refractivity contribution in [1.82, 2.24) is 0 Å². The minimum Gasteiger partial charge on any atom is -0.489 e. The van der Waals surface area contributed by atoms with E-state index >= 15 is 0 Å². The van der Waals surface area contributed by atoms with Crippen molar-refractivity contribution in [2.75, 3.05) is 0 Å². The van der Waals surface area contributed by atoms with E-state index in [1.807, 2.05) is 0 Å². The normalized spacial score (nSPS) is 15.0. The van der Waals surface area contributed by atoms with Gasteiger partial charge in [0.15, 0.2) is 0 Å². The zero-order chi connectivity index (χ0) is 16.8. The minimum absolute atomic E-state index is 0.108. The van der Waals surface area contributed by atoms with Gasteiger partial charge in [-0.05, 0) is 35.9 Å². The first kappa shape index (κ1) is 14.1. The van der Waals surface area contributed by atoms with E-state index in [-0.39, 0.29) is 28.9 Å². The highest BCUT2D eigenvalue weighted by Gasteiger charge is 2.31. The molecule has 0 unspecified atom stereocenters. The second kappa shape index (κ2) is 5.02. The lowest BCUT2D eigenvalue weighted by atomic mass is 10.1. The van der Waals surface area contributed by atoms with Gasteiger partial charge >= 0.3 is 23.9 Å². The minimum atomic E-state index is -0.709. The molecule has 7 nitrogen and oxygen atoms in total. The van der Waals surface area contributed by atoms with Gasteiger partial charge in [-0.2, -0.15) is 0 Å². The Balaban J connectivity index is 1.54. The number of esters is 4. The summed E-state index contributed by atoms with van der Waals surface area (Å²) in [6.45, 7) is 0.108. The number of hydrogen-bond acceptors (Lipinski definition) is 7. The molecule has 0 spiro atoms. The fourth-order valence-electron chi connectivity index (χ4n) is 2.54. The lowest BCUT2D eigenvalue weighted by Gasteiger charge is -2.07. The number of fused-ring (bicyclic) bond motifs is 2. The maximum absolute atomic E-state index is 11.5. The number of carbonyl (C=O) groups is 4. The maximum atomic E-state index is 11.5. The number of benzene rings is 2. The molecule has 24 heavy (non-hydrogen) atoms. The first-order valence-corrected chi connectivity index (χ1v) is 6.96. The van der Waals surface area contributed by atoms with E-state index in [1.165, 1.54) is 24.3 Å². The van der Waals surface area contributed by atoms with E-state index in [0.29, 0.717) is 11.3 Å². The summed E-state index contributed by atoms with van der Waals surface area (Å²) in [5.74, 6) is -2.36. The maximum Gasteiger partial charge on any atom is 0.347 e. The fraction of sp³-hybridized carbons (Fsp3) is 0.0588. The van der Waals surface area contributed by atoms with Gasteiger partial charge in [0.05, 0.1) is 22.3 Å². The molecule has 0 N–H and O–H groups in total. The summed E-state index contributed by atoms with van der Waals surface area (Å²) in [7, 11) is 0. The average molecular weight is 324 g/mol. The molecule has 2 aromatic rings. The predicted octanol–water partition coefficient (Wildman–Crippen LogP) is 1.89. The summed E-state index contributed by atoms with van der Waals surface area (Å²) in [4.78, 5) is 45.8. The molecule has 2 aliphatic rings. The van der Waals surface area contributed by atoms with Gasteiger partial charge in [0.25, 0.3) is 0 Å². The summed E-state index contributed by atoms with van der Waals surface area (Å²) in [6.07, 6.45) is 0. The molecule has 2 aromatic carbocycles. The van der Waals surface area contributed by atoms with Crippen LogP contribution in [0.2, 0.25) is 0 Å². The summed E-state index contributed by atoms with van der Waals surface area (Å²) < 4.78 is 14.6. The van der Waals surface area contributed by atoms with Gasteiger partial charge in [0.1, 0.15) is 12.4 Å². The predicted molar refractivity (Wildman–Crippen MR) is 76.7 cm³/mol. The first-order chi connectivity index (χ1) is 11.5. The van der Waals surface area contributed by atoms with Gasteiger partial charge in [-0.1, -0.05) is 6.07 Å². The highest BCUT2D eigenvalue weighted by atomic mass is 16.6. The van der Waals surface area contributed by atoms with Crippen molar-refractivity contribution in [1.29, 1.82) is 0 Å². The summed E-state index contributed by atoms with van der Waals surface area (Å²) in [5, 5.41) is 0. The number of hydrogen-bond donors (Lipinski definition) is 0. The Labute approximate surface area is 134 Å². The van der Waals surface area contributed by atoms with Crippen LogP contribution in [0.25, 0.3) is 0 Å². The molecule has 0 amide bonds. The van der Waals surface area contributed by atoms with Crippen molar-refractivity contribution in [3.63, 3.8) is 0 Å². The van der Waals surface area contributed by atoms with Crippen molar-refractivity contribution in [3.05, 3.63) is 64.2 Å². The molecule has 7 heteroatoms. The number of ether oxygens (including phenoxy) is 3. The topological polar surface area (TPSA) is 96.0 Å². The molecule has 0 saturated heterocycles. The van der Waals surface area contributed by atoms with Crippen molar-refractivity contribution < 1.29 is 33.4 Å². The third-order valence-electron chi connectivity index (χ3n) is 3.73. The van der Waals surface area contributed by atoms with Crippen LogP contribution in [0.15, 0.2) is 36.4 Å². The van der Waals surface area contributed by atoms with Crippen LogP contribution in [0.3, 0.4) is 0 Å². The molecule has 0 aromatic heterocycles. The Morgan fingerprint density at radius 2 is 1.21 bits per heavy atom. The molecule has 4 rings (SSSR count). The summed E-state index contributed by atoms with van der Waals surface area (Å²) in [5.41, 5.74) is 1.43. The van der Waals surface area contributed by atoms with Crippen LogP contribution >= 0.6 is 0 Å². The van der Waals surface area contributed by atoms with E-state index in [2.05, 4.69) is 9.47 Å². The van der Waals surface area contributed by atoms with Gasteiger partial charge in [-0.25, -0.2) is 19.2 Å². The van der Waals surface area contributed by atoms with Crippen LogP contribution < -0.4 is 4.74 Å². The van der Waals surface area contributed by atoms with E-state index in [9.17, 15) is 19.2 Å². The number of carbonyl (C=O) groups excluding carboxylic acids is 4. The Morgan fingerprint density at radius 3 is 1.88 bits per heavy atom. The molecule has 118 valence electrons. The third-order valence-corrected chi connectivity index (χ3v) is 3.73. The van der Waals surface area contributed by atoms with Gasteiger partial charge in [-0.3, -0.25) is 0 Å². The largest absolute Gasteiger partial charge is 0.489 e. The standard InChI is InChI=1S/C17H8O7/c18-14-10-3-1-8(5-12(10)16(20)23-14)7-22-9-2-4-11-13(6-9)17(21)24-15(11)19/h1-6H,7H2. The van der Waals surface area contributed by atoms with Crippen molar-refractivity contribution in [3.8, 4) is 5.75 Å². The second-order valence-electron chi connectivity index (χ2n) is 5.23. The molecule has 2 aliphatic heterocycles. The highest BCUT2D eigenvalue weighted by Crippen LogP contribution is 2.26. The van der Waals surface area contributed by atoms with Crippen LogP contribution in [-0.2, 0) is 16.1 Å². The summed E-state index contributed by atoms with van der Waals surface area (Å²) >= 11 is 0. The first-order valence-electron chi connectivity index (χ1n) is 6.96. The Kier molecular flexibility index (Phi) is 2.96. The smallest absolute Gasteiger partial charge is 0.347 e. The Bertz CT molecular complexity index is 864. The molecule has 0 aliphatic carbocycles. The van der Waals surface area contributed by atoms with Gasteiger partial charge in [-0.15, -0.1) is 0 Å². The van der Waals surface area contributed by atoms with Crippen LogP contribution in [0.1, 0.15) is 47.0 Å². The second-order valence-corrected chi connectivity index (χ2v) is 5.23. The van der Waals surface area contributed by atoms with Crippen LogP contribution in [0.5, 0.6) is 5.75 Å². The number of rotatable bonds is 3. The molecule has 0 atom stereocenters. The molecule has 0 fully saturated rings.